The Morgan fingerprint density at radius 3 is 2.39 bits per heavy atom. The lowest BCUT2D eigenvalue weighted by Gasteiger charge is -2.30. The summed E-state index contributed by atoms with van der Waals surface area (Å²) in [6.45, 7) is 3.77. The summed E-state index contributed by atoms with van der Waals surface area (Å²) in [5.41, 5.74) is 2.48. The predicted octanol–water partition coefficient (Wildman–Crippen LogP) is 2.92. The molecule has 1 saturated carbocycles. The normalized spacial score (nSPS) is 16.5. The molecule has 0 radical (unpaired) electrons. The standard InChI is InChI=1S/C15H17NO2/c1-10-6-13(7-11(2)14(10)8-16)18-15(9-17)12-4-3-5-12/h6-7,9,12,15H,3-5H2,1-2H3. The first-order valence-electron chi connectivity index (χ1n) is 6.29. The van der Waals surface area contributed by atoms with Crippen molar-refractivity contribution in [1.29, 1.82) is 5.26 Å². The number of carbonyl (C=O) groups excluding carboxylic acids is 1. The van der Waals surface area contributed by atoms with Crippen molar-refractivity contribution in [2.75, 3.05) is 0 Å². The average molecular weight is 243 g/mol. The number of nitrogens with zero attached hydrogens (tertiary/aromatic N) is 1. The highest BCUT2D eigenvalue weighted by atomic mass is 16.5. The molecule has 2 rings (SSSR count). The molecule has 1 fully saturated rings. The second kappa shape index (κ2) is 5.22. The van der Waals surface area contributed by atoms with E-state index in [1.54, 1.807) is 0 Å². The maximum absolute atomic E-state index is 11.1. The molecule has 18 heavy (non-hydrogen) atoms. The SMILES string of the molecule is Cc1cc(OC(C=O)C2CCC2)cc(C)c1C#N. The fourth-order valence-corrected chi connectivity index (χ4v) is 2.33. The van der Waals surface area contributed by atoms with Gasteiger partial charge in [-0.1, -0.05) is 6.42 Å². The summed E-state index contributed by atoms with van der Waals surface area (Å²) in [5.74, 6) is 1.05. The van der Waals surface area contributed by atoms with Gasteiger partial charge in [-0.25, -0.2) is 0 Å². The highest BCUT2D eigenvalue weighted by Gasteiger charge is 2.28. The van der Waals surface area contributed by atoms with Gasteiger partial charge >= 0.3 is 0 Å². The number of carbonyl (C=O) groups is 1. The van der Waals surface area contributed by atoms with Crippen LogP contribution < -0.4 is 4.74 Å². The second-order valence-electron chi connectivity index (χ2n) is 4.95. The van der Waals surface area contributed by atoms with Gasteiger partial charge in [0.05, 0.1) is 11.6 Å². The van der Waals surface area contributed by atoms with E-state index in [2.05, 4.69) is 6.07 Å². The summed E-state index contributed by atoms with van der Waals surface area (Å²) < 4.78 is 5.75. The molecule has 3 heteroatoms. The van der Waals surface area contributed by atoms with Gasteiger partial charge in [-0.3, -0.25) is 4.79 Å². The van der Waals surface area contributed by atoms with Gasteiger partial charge in [-0.05, 0) is 49.9 Å². The fraction of sp³-hybridized carbons (Fsp3) is 0.467. The van der Waals surface area contributed by atoms with Crippen molar-refractivity contribution in [3.05, 3.63) is 28.8 Å². The first-order valence-corrected chi connectivity index (χ1v) is 6.29. The van der Waals surface area contributed by atoms with Crippen LogP contribution in [-0.4, -0.2) is 12.4 Å². The van der Waals surface area contributed by atoms with Crippen molar-refractivity contribution >= 4 is 6.29 Å². The lowest BCUT2D eigenvalue weighted by atomic mass is 9.81. The van der Waals surface area contributed by atoms with Crippen LogP contribution in [0.4, 0.5) is 0 Å². The first-order chi connectivity index (χ1) is 8.65. The zero-order valence-electron chi connectivity index (χ0n) is 10.8. The van der Waals surface area contributed by atoms with Crippen molar-refractivity contribution in [2.24, 2.45) is 5.92 Å². The molecule has 1 atom stereocenters. The van der Waals surface area contributed by atoms with Crippen LogP contribution in [0.2, 0.25) is 0 Å². The summed E-state index contributed by atoms with van der Waals surface area (Å²) in [4.78, 5) is 11.1. The summed E-state index contributed by atoms with van der Waals surface area (Å²) in [7, 11) is 0. The smallest absolute Gasteiger partial charge is 0.160 e. The molecular formula is C15H17NO2. The van der Waals surface area contributed by atoms with Gasteiger partial charge in [-0.2, -0.15) is 5.26 Å². The van der Waals surface area contributed by atoms with E-state index in [1.165, 1.54) is 6.42 Å². The third-order valence-corrected chi connectivity index (χ3v) is 3.64. The number of hydrogen-bond donors (Lipinski definition) is 0. The maximum atomic E-state index is 11.1. The second-order valence-corrected chi connectivity index (χ2v) is 4.95. The number of ether oxygens (including phenoxy) is 1. The van der Waals surface area contributed by atoms with Crippen LogP contribution in [0.1, 0.15) is 36.0 Å². The molecule has 1 aromatic rings. The Bertz CT molecular complexity index is 475. The Balaban J connectivity index is 2.18. The molecule has 1 aliphatic carbocycles. The number of nitriles is 1. The summed E-state index contributed by atoms with van der Waals surface area (Å²) in [6, 6.07) is 5.85. The molecule has 1 aromatic carbocycles. The molecule has 0 amide bonds. The molecule has 0 heterocycles. The minimum atomic E-state index is -0.342. The molecule has 0 aromatic heterocycles. The van der Waals surface area contributed by atoms with Crippen molar-refractivity contribution < 1.29 is 9.53 Å². The number of rotatable bonds is 4. The maximum Gasteiger partial charge on any atom is 0.160 e. The number of aldehydes is 1. The quantitative estimate of drug-likeness (QED) is 0.764. The van der Waals surface area contributed by atoms with Crippen molar-refractivity contribution in [3.8, 4) is 11.8 Å². The van der Waals surface area contributed by atoms with Crippen LogP contribution in [-0.2, 0) is 4.79 Å². The van der Waals surface area contributed by atoms with E-state index in [4.69, 9.17) is 10.00 Å². The molecular weight excluding hydrogens is 226 g/mol. The zero-order valence-corrected chi connectivity index (χ0v) is 10.8. The van der Waals surface area contributed by atoms with Crippen LogP contribution in [0, 0.1) is 31.1 Å². The van der Waals surface area contributed by atoms with Crippen molar-refractivity contribution in [2.45, 2.75) is 39.2 Å². The Kier molecular flexibility index (Phi) is 3.66. The van der Waals surface area contributed by atoms with Crippen LogP contribution in [0.15, 0.2) is 12.1 Å². The fourth-order valence-electron chi connectivity index (χ4n) is 2.33. The lowest BCUT2D eigenvalue weighted by Crippen LogP contribution is -2.33. The van der Waals surface area contributed by atoms with Crippen LogP contribution in [0.5, 0.6) is 5.75 Å². The number of benzene rings is 1. The molecule has 1 aliphatic rings. The van der Waals surface area contributed by atoms with Crippen molar-refractivity contribution in [1.82, 2.24) is 0 Å². The largest absolute Gasteiger partial charge is 0.483 e. The Morgan fingerprint density at radius 1 is 1.39 bits per heavy atom. The van der Waals surface area contributed by atoms with E-state index in [0.717, 1.165) is 30.3 Å². The van der Waals surface area contributed by atoms with E-state index >= 15 is 0 Å². The molecule has 94 valence electrons. The minimum Gasteiger partial charge on any atom is -0.483 e. The van der Waals surface area contributed by atoms with Gasteiger partial charge in [0.25, 0.3) is 0 Å². The molecule has 3 nitrogen and oxygen atoms in total. The third kappa shape index (κ3) is 2.38. The van der Waals surface area contributed by atoms with Crippen LogP contribution >= 0.6 is 0 Å². The average Bonchev–Trinajstić information content (AvgIpc) is 2.25. The third-order valence-electron chi connectivity index (χ3n) is 3.64. The van der Waals surface area contributed by atoms with E-state index < -0.39 is 0 Å². The summed E-state index contributed by atoms with van der Waals surface area (Å²) in [6.07, 6.45) is 3.87. The summed E-state index contributed by atoms with van der Waals surface area (Å²) in [5, 5.41) is 9.01. The van der Waals surface area contributed by atoms with E-state index in [1.807, 2.05) is 26.0 Å². The summed E-state index contributed by atoms with van der Waals surface area (Å²) >= 11 is 0. The molecule has 0 spiro atoms. The van der Waals surface area contributed by atoms with Gasteiger partial charge in [0, 0.05) is 5.92 Å². The molecule has 1 unspecified atom stereocenters. The lowest BCUT2D eigenvalue weighted by molar-refractivity contribution is -0.117. The first kappa shape index (κ1) is 12.6. The Morgan fingerprint density at radius 2 is 2.00 bits per heavy atom. The minimum absolute atomic E-state index is 0.342. The van der Waals surface area contributed by atoms with Gasteiger partial charge in [-0.15, -0.1) is 0 Å². The number of hydrogen-bond acceptors (Lipinski definition) is 3. The number of aryl methyl sites for hydroxylation is 2. The van der Waals surface area contributed by atoms with E-state index in [-0.39, 0.29) is 6.10 Å². The van der Waals surface area contributed by atoms with E-state index in [0.29, 0.717) is 17.2 Å². The topological polar surface area (TPSA) is 50.1 Å². The van der Waals surface area contributed by atoms with Gasteiger partial charge in [0.2, 0.25) is 0 Å². The van der Waals surface area contributed by atoms with Gasteiger partial charge in [0.1, 0.15) is 5.75 Å². The predicted molar refractivity (Wildman–Crippen MR) is 68.5 cm³/mol. The van der Waals surface area contributed by atoms with E-state index in [9.17, 15) is 4.79 Å². The Hall–Kier alpha value is -1.82. The highest BCUT2D eigenvalue weighted by molar-refractivity contribution is 5.58. The molecule has 0 aliphatic heterocycles. The Labute approximate surface area is 107 Å². The monoisotopic (exact) mass is 243 g/mol. The van der Waals surface area contributed by atoms with Crippen molar-refractivity contribution in [3.63, 3.8) is 0 Å². The van der Waals surface area contributed by atoms with Gasteiger partial charge < -0.3 is 4.74 Å². The van der Waals surface area contributed by atoms with Gasteiger partial charge in [0.15, 0.2) is 12.4 Å². The molecule has 0 saturated heterocycles. The zero-order chi connectivity index (χ0) is 13.1. The molecule has 0 bridgehead atoms. The van der Waals surface area contributed by atoms with Crippen LogP contribution in [0.3, 0.4) is 0 Å². The van der Waals surface area contributed by atoms with Crippen LogP contribution in [0.25, 0.3) is 0 Å². The highest BCUT2D eigenvalue weighted by Crippen LogP contribution is 2.32. The molecule has 0 N–H and O–H groups in total.